The van der Waals surface area contributed by atoms with Crippen LogP contribution in [0.1, 0.15) is 6.92 Å². The van der Waals surface area contributed by atoms with E-state index in [4.69, 9.17) is 5.73 Å². The van der Waals surface area contributed by atoms with E-state index in [-0.39, 0.29) is 6.03 Å². The molecule has 1 aliphatic heterocycles. The van der Waals surface area contributed by atoms with Gasteiger partial charge in [-0.25, -0.2) is 4.79 Å². The van der Waals surface area contributed by atoms with Crippen LogP contribution in [0.2, 0.25) is 0 Å². The van der Waals surface area contributed by atoms with Gasteiger partial charge in [0.1, 0.15) is 0 Å². The van der Waals surface area contributed by atoms with E-state index in [9.17, 15) is 4.79 Å². The van der Waals surface area contributed by atoms with Crippen molar-refractivity contribution in [2.24, 2.45) is 5.73 Å². The molecule has 1 fully saturated rings. The minimum atomic E-state index is -0.311. The average Bonchev–Trinajstić information content (AvgIpc) is 1.76. The van der Waals surface area contributed by atoms with E-state index in [1.807, 2.05) is 6.92 Å². The number of primary amides is 1. The van der Waals surface area contributed by atoms with Crippen LogP contribution in [-0.4, -0.2) is 36.6 Å². The molecule has 4 heteroatoms. The molecule has 0 radical (unpaired) electrons. The van der Waals surface area contributed by atoms with Gasteiger partial charge in [-0.2, -0.15) is 0 Å². The molecule has 1 rings (SSSR count). The van der Waals surface area contributed by atoms with Gasteiger partial charge in [-0.1, -0.05) is 0 Å². The van der Waals surface area contributed by atoms with Crippen LogP contribution in [0.15, 0.2) is 0 Å². The first-order chi connectivity index (χ1) is 4.75. The van der Waals surface area contributed by atoms with E-state index in [2.05, 4.69) is 5.32 Å². The lowest BCUT2D eigenvalue weighted by Gasteiger charge is -2.36. The highest BCUT2D eigenvalue weighted by molar-refractivity contribution is 5.72. The summed E-state index contributed by atoms with van der Waals surface area (Å²) in [6.45, 7) is 4.42. The molecule has 0 aromatic rings. The Hall–Kier alpha value is -0.770. The second-order valence-corrected chi connectivity index (χ2v) is 2.44. The van der Waals surface area contributed by atoms with Crippen molar-refractivity contribution in [3.05, 3.63) is 0 Å². The van der Waals surface area contributed by atoms with Crippen molar-refractivity contribution in [2.45, 2.75) is 13.0 Å². The molecule has 0 spiro atoms. The van der Waals surface area contributed by atoms with Crippen LogP contribution in [0.25, 0.3) is 0 Å². The second kappa shape index (κ2) is 2.88. The topological polar surface area (TPSA) is 58.4 Å². The number of amides is 2. The summed E-state index contributed by atoms with van der Waals surface area (Å²) in [5.41, 5.74) is 5.12. The third kappa shape index (κ3) is 1.21. The molecule has 4 nitrogen and oxygen atoms in total. The zero-order valence-electron chi connectivity index (χ0n) is 6.13. The van der Waals surface area contributed by atoms with Gasteiger partial charge in [-0.15, -0.1) is 0 Å². The Morgan fingerprint density at radius 2 is 2.40 bits per heavy atom. The molecule has 2 amide bonds. The third-order valence-electron chi connectivity index (χ3n) is 1.82. The van der Waals surface area contributed by atoms with Gasteiger partial charge in [-0.3, -0.25) is 0 Å². The quantitative estimate of drug-likeness (QED) is 0.540. The molecule has 1 saturated heterocycles. The number of carbonyl (C=O) groups is 1. The number of nitrogens with one attached hydrogen (secondary N) is 1. The van der Waals surface area contributed by atoms with Gasteiger partial charge in [0.2, 0.25) is 0 Å². The molecule has 1 aliphatic rings. The molecule has 0 aromatic heterocycles. The number of rotatable bonds is 2. The zero-order valence-corrected chi connectivity index (χ0v) is 6.13. The van der Waals surface area contributed by atoms with Gasteiger partial charge in [0.05, 0.1) is 6.04 Å². The Morgan fingerprint density at radius 3 is 2.50 bits per heavy atom. The number of urea groups is 1. The number of nitrogens with zero attached hydrogens (tertiary/aromatic N) is 1. The normalized spacial score (nSPS) is 18.1. The van der Waals surface area contributed by atoms with Crippen LogP contribution < -0.4 is 11.1 Å². The Balaban J connectivity index is 2.39. The minimum Gasteiger partial charge on any atom is -0.351 e. The molecule has 3 N–H and O–H groups in total. The summed E-state index contributed by atoms with van der Waals surface area (Å²) in [5, 5.41) is 3.08. The molecule has 0 aromatic carbocycles. The lowest BCUT2D eigenvalue weighted by Crippen LogP contribution is -2.59. The molecule has 1 heterocycles. The van der Waals surface area contributed by atoms with E-state index in [1.54, 1.807) is 4.90 Å². The first-order valence-corrected chi connectivity index (χ1v) is 3.52. The maximum absolute atomic E-state index is 10.7. The van der Waals surface area contributed by atoms with Crippen molar-refractivity contribution < 1.29 is 4.79 Å². The third-order valence-corrected chi connectivity index (χ3v) is 1.82. The molecular weight excluding hydrogens is 130 g/mol. The van der Waals surface area contributed by atoms with Crippen LogP contribution in [0.5, 0.6) is 0 Å². The van der Waals surface area contributed by atoms with Crippen molar-refractivity contribution in [3.8, 4) is 0 Å². The highest BCUT2D eigenvalue weighted by atomic mass is 16.2. The maximum atomic E-state index is 10.7. The first-order valence-electron chi connectivity index (χ1n) is 3.52. The smallest absolute Gasteiger partial charge is 0.315 e. The summed E-state index contributed by atoms with van der Waals surface area (Å²) in [5.74, 6) is 0. The largest absolute Gasteiger partial charge is 0.351 e. The van der Waals surface area contributed by atoms with Gasteiger partial charge in [0.25, 0.3) is 0 Å². The highest BCUT2D eigenvalue weighted by Crippen LogP contribution is 2.02. The van der Waals surface area contributed by atoms with Gasteiger partial charge in [-0.05, 0) is 6.92 Å². The van der Waals surface area contributed by atoms with Crippen LogP contribution in [0.3, 0.4) is 0 Å². The lowest BCUT2D eigenvalue weighted by molar-refractivity contribution is 0.162. The standard InChI is InChI=1S/C6H13N3O/c1-2-9(6(7)10)5-3-8-4-5/h5,8H,2-4H2,1H3,(H2,7,10). The Kier molecular flexibility index (Phi) is 2.11. The predicted molar refractivity (Wildman–Crippen MR) is 38.6 cm³/mol. The summed E-state index contributed by atoms with van der Waals surface area (Å²) in [6, 6.07) is 0.0245. The summed E-state index contributed by atoms with van der Waals surface area (Å²) in [6.07, 6.45) is 0. The molecule has 0 saturated carbocycles. The fourth-order valence-corrected chi connectivity index (χ4v) is 1.09. The average molecular weight is 143 g/mol. The lowest BCUT2D eigenvalue weighted by atomic mass is 10.1. The number of hydrogen-bond donors (Lipinski definition) is 2. The Bertz CT molecular complexity index is 133. The van der Waals surface area contributed by atoms with Crippen LogP contribution >= 0.6 is 0 Å². The SMILES string of the molecule is CCN(C(N)=O)C1CNC1. The van der Waals surface area contributed by atoms with Gasteiger partial charge in [0, 0.05) is 19.6 Å². The molecule has 58 valence electrons. The summed E-state index contributed by atoms with van der Waals surface area (Å²) < 4.78 is 0. The molecule has 0 bridgehead atoms. The maximum Gasteiger partial charge on any atom is 0.315 e. The van der Waals surface area contributed by atoms with E-state index in [0.717, 1.165) is 13.1 Å². The molecule has 0 unspecified atom stereocenters. The van der Waals surface area contributed by atoms with Crippen molar-refractivity contribution in [1.82, 2.24) is 10.2 Å². The number of carbonyl (C=O) groups excluding carboxylic acids is 1. The van der Waals surface area contributed by atoms with Crippen LogP contribution in [0, 0.1) is 0 Å². The summed E-state index contributed by atoms with van der Waals surface area (Å²) in [7, 11) is 0. The Labute approximate surface area is 60.4 Å². The first kappa shape index (κ1) is 7.34. The number of hydrogen-bond acceptors (Lipinski definition) is 2. The highest BCUT2D eigenvalue weighted by Gasteiger charge is 2.25. The van der Waals surface area contributed by atoms with Crippen molar-refractivity contribution in [1.29, 1.82) is 0 Å². The molecule has 10 heavy (non-hydrogen) atoms. The van der Waals surface area contributed by atoms with Crippen molar-refractivity contribution in [3.63, 3.8) is 0 Å². The monoisotopic (exact) mass is 143 g/mol. The van der Waals surface area contributed by atoms with E-state index >= 15 is 0 Å². The van der Waals surface area contributed by atoms with Crippen molar-refractivity contribution in [2.75, 3.05) is 19.6 Å². The minimum absolute atomic E-state index is 0.311. The van der Waals surface area contributed by atoms with Gasteiger partial charge in [0.15, 0.2) is 0 Å². The van der Waals surface area contributed by atoms with Crippen LogP contribution in [-0.2, 0) is 0 Å². The van der Waals surface area contributed by atoms with E-state index < -0.39 is 0 Å². The predicted octanol–water partition coefficient (Wildman–Crippen LogP) is -0.641. The molecular formula is C6H13N3O. The number of likely N-dealkylation sites (N-methyl/N-ethyl adjacent to an activating group) is 1. The molecule has 0 aliphatic carbocycles. The van der Waals surface area contributed by atoms with Gasteiger partial charge < -0.3 is 16.0 Å². The fourth-order valence-electron chi connectivity index (χ4n) is 1.09. The fraction of sp³-hybridized carbons (Fsp3) is 0.833. The second-order valence-electron chi connectivity index (χ2n) is 2.44. The van der Waals surface area contributed by atoms with E-state index in [0.29, 0.717) is 12.6 Å². The zero-order chi connectivity index (χ0) is 7.56. The summed E-state index contributed by atoms with van der Waals surface area (Å²) in [4.78, 5) is 12.4. The van der Waals surface area contributed by atoms with Gasteiger partial charge >= 0.3 is 6.03 Å². The Morgan fingerprint density at radius 1 is 1.80 bits per heavy atom. The van der Waals surface area contributed by atoms with E-state index in [1.165, 1.54) is 0 Å². The number of nitrogens with two attached hydrogens (primary N) is 1. The molecule has 0 atom stereocenters. The van der Waals surface area contributed by atoms with Crippen LogP contribution in [0.4, 0.5) is 4.79 Å². The summed E-state index contributed by atoms with van der Waals surface area (Å²) >= 11 is 0. The van der Waals surface area contributed by atoms with Crippen molar-refractivity contribution >= 4 is 6.03 Å².